The molecule has 3 heterocycles. The summed E-state index contributed by atoms with van der Waals surface area (Å²) in [4.78, 5) is 31.4. The highest BCUT2D eigenvalue weighted by atomic mass is 79.9. The lowest BCUT2D eigenvalue weighted by molar-refractivity contribution is 0.174. The van der Waals surface area contributed by atoms with E-state index in [1.807, 2.05) is 18.2 Å². The van der Waals surface area contributed by atoms with Crippen molar-refractivity contribution in [1.29, 1.82) is 0 Å². The van der Waals surface area contributed by atoms with Gasteiger partial charge in [-0.15, -0.1) is 0 Å². The Hall–Kier alpha value is -3.59. The van der Waals surface area contributed by atoms with E-state index < -0.39 is 17.1 Å². The van der Waals surface area contributed by atoms with Gasteiger partial charge in [0.15, 0.2) is 11.5 Å². The van der Waals surface area contributed by atoms with E-state index in [1.54, 1.807) is 24.4 Å². The zero-order valence-corrected chi connectivity index (χ0v) is 16.3. The van der Waals surface area contributed by atoms with Crippen LogP contribution < -0.4 is 20.7 Å². The van der Waals surface area contributed by atoms with Crippen molar-refractivity contribution in [3.63, 3.8) is 0 Å². The first kappa shape index (κ1) is 17.5. The highest BCUT2D eigenvalue weighted by Gasteiger charge is 2.20. The van der Waals surface area contributed by atoms with Crippen molar-refractivity contribution in [2.24, 2.45) is 4.99 Å². The maximum absolute atomic E-state index is 12.4. The molecule has 0 fully saturated rings. The summed E-state index contributed by atoms with van der Waals surface area (Å²) in [7, 11) is 0. The van der Waals surface area contributed by atoms with Gasteiger partial charge in [0.05, 0.1) is 11.4 Å². The number of halogens is 1. The number of fused-ring (bicyclic) bond motifs is 2. The number of H-pyrrole nitrogens is 1. The van der Waals surface area contributed by atoms with E-state index in [2.05, 4.69) is 25.9 Å². The molecule has 2 aromatic carbocycles. The van der Waals surface area contributed by atoms with Crippen LogP contribution in [0.15, 0.2) is 55.5 Å². The number of aliphatic imine (C=N–C) groups is 1. The summed E-state index contributed by atoms with van der Waals surface area (Å²) in [6.07, 6.45) is 3.10. The molecule has 0 unspecified atom stereocenters. The summed E-state index contributed by atoms with van der Waals surface area (Å²) < 4.78 is 12.5. The molecule has 0 atom stereocenters. The summed E-state index contributed by atoms with van der Waals surface area (Å²) in [5, 5.41) is 10.8. The van der Waals surface area contributed by atoms with Crippen molar-refractivity contribution in [3.05, 3.63) is 72.8 Å². The summed E-state index contributed by atoms with van der Waals surface area (Å²) >= 11 is 3.42. The van der Waals surface area contributed by atoms with Crippen molar-refractivity contribution in [2.75, 3.05) is 6.79 Å². The number of aromatic hydroxyl groups is 1. The van der Waals surface area contributed by atoms with Gasteiger partial charge in [0, 0.05) is 27.9 Å². The number of aromatic nitrogens is 2. The molecular formula is C20H12BrN3O5. The minimum absolute atomic E-state index is 0.0588. The van der Waals surface area contributed by atoms with E-state index in [0.29, 0.717) is 22.8 Å². The predicted molar refractivity (Wildman–Crippen MR) is 111 cm³/mol. The van der Waals surface area contributed by atoms with Crippen LogP contribution in [0.25, 0.3) is 17.3 Å². The summed E-state index contributed by atoms with van der Waals surface area (Å²) in [6, 6.07) is 10.4. The molecule has 0 saturated heterocycles. The second kappa shape index (κ2) is 6.49. The molecule has 0 spiro atoms. The van der Waals surface area contributed by atoms with Crippen LogP contribution in [-0.2, 0) is 0 Å². The molecule has 0 amide bonds. The Bertz CT molecular complexity index is 1350. The topological polar surface area (TPSA) is 106 Å². The average Bonchev–Trinajstić information content (AvgIpc) is 3.31. The Balaban J connectivity index is 1.68. The number of nitrogens with zero attached hydrogens (tertiary/aromatic N) is 2. The van der Waals surface area contributed by atoms with Gasteiger partial charge in [-0.3, -0.25) is 14.8 Å². The molecule has 3 aromatic rings. The van der Waals surface area contributed by atoms with E-state index in [9.17, 15) is 14.7 Å². The number of allylic oxidation sites excluding steroid dienone is 1. The molecule has 0 saturated carbocycles. The highest BCUT2D eigenvalue weighted by Crippen LogP contribution is 2.36. The minimum Gasteiger partial charge on any atom is -0.494 e. The molecule has 2 N–H and O–H groups in total. The maximum atomic E-state index is 12.4. The van der Waals surface area contributed by atoms with Crippen LogP contribution in [0.4, 0.5) is 5.69 Å². The third-order valence-corrected chi connectivity index (χ3v) is 5.14. The quantitative estimate of drug-likeness (QED) is 0.620. The Morgan fingerprint density at radius 2 is 1.97 bits per heavy atom. The third kappa shape index (κ3) is 2.87. The van der Waals surface area contributed by atoms with E-state index in [4.69, 9.17) is 9.47 Å². The number of aromatic amines is 1. The number of rotatable bonds is 2. The molecule has 0 bridgehead atoms. The zero-order valence-electron chi connectivity index (χ0n) is 14.7. The molecule has 144 valence electrons. The molecule has 8 nitrogen and oxygen atoms in total. The van der Waals surface area contributed by atoms with Crippen LogP contribution in [0, 0.1) is 0 Å². The van der Waals surface area contributed by atoms with Crippen LogP contribution in [0.2, 0.25) is 0 Å². The SMILES string of the molecule is O=c1[nH]c(=O)n(-c2ccc3c(c2)OCO3)c(O)c1C=C1C=Nc2ccc(Br)cc21. The van der Waals surface area contributed by atoms with E-state index >= 15 is 0 Å². The Kier molecular flexibility index (Phi) is 3.92. The number of nitrogens with one attached hydrogen (secondary N) is 1. The molecule has 0 aliphatic carbocycles. The van der Waals surface area contributed by atoms with Crippen LogP contribution in [0.5, 0.6) is 17.4 Å². The van der Waals surface area contributed by atoms with Gasteiger partial charge in [0.25, 0.3) is 5.56 Å². The standard InChI is InChI=1S/C20H12BrN3O5/c21-11-1-3-15-13(6-11)10(8-22-15)5-14-18(25)23-20(27)24(19(14)26)12-2-4-16-17(7-12)29-9-28-16/h1-8,26H,9H2,(H,23,25,27). The minimum atomic E-state index is -0.767. The fraction of sp³-hybridized carbons (Fsp3) is 0.0500. The summed E-state index contributed by atoms with van der Waals surface area (Å²) in [5.74, 6) is 0.501. The van der Waals surface area contributed by atoms with Gasteiger partial charge in [-0.25, -0.2) is 9.36 Å². The highest BCUT2D eigenvalue weighted by molar-refractivity contribution is 9.10. The first-order chi connectivity index (χ1) is 14.0. The number of hydrogen-bond donors (Lipinski definition) is 2. The molecule has 2 aliphatic heterocycles. The second-order valence-electron chi connectivity index (χ2n) is 6.39. The van der Waals surface area contributed by atoms with Gasteiger partial charge in [-0.1, -0.05) is 15.9 Å². The lowest BCUT2D eigenvalue weighted by atomic mass is 10.1. The molecule has 9 heteroatoms. The number of benzene rings is 2. The molecule has 0 radical (unpaired) electrons. The van der Waals surface area contributed by atoms with E-state index in [1.165, 1.54) is 6.08 Å². The van der Waals surface area contributed by atoms with Gasteiger partial charge in [-0.2, -0.15) is 0 Å². The smallest absolute Gasteiger partial charge is 0.335 e. The van der Waals surface area contributed by atoms with Crippen molar-refractivity contribution in [3.8, 4) is 23.1 Å². The second-order valence-corrected chi connectivity index (χ2v) is 7.30. The fourth-order valence-corrected chi connectivity index (χ4v) is 3.62. The van der Waals surface area contributed by atoms with Gasteiger partial charge in [-0.05, 0) is 36.4 Å². The molecule has 29 heavy (non-hydrogen) atoms. The number of ether oxygens (including phenoxy) is 2. The maximum Gasteiger partial charge on any atom is 0.335 e. The van der Waals surface area contributed by atoms with Crippen LogP contribution in [0.3, 0.4) is 0 Å². The Morgan fingerprint density at radius 1 is 1.14 bits per heavy atom. The third-order valence-electron chi connectivity index (χ3n) is 4.65. The van der Waals surface area contributed by atoms with Crippen molar-refractivity contribution < 1.29 is 14.6 Å². The predicted octanol–water partition coefficient (Wildman–Crippen LogP) is 2.98. The van der Waals surface area contributed by atoms with Gasteiger partial charge < -0.3 is 14.6 Å². The first-order valence-electron chi connectivity index (χ1n) is 8.55. The normalized spacial score (nSPS) is 15.1. The monoisotopic (exact) mass is 453 g/mol. The molecule has 5 rings (SSSR count). The van der Waals surface area contributed by atoms with Crippen molar-refractivity contribution >= 4 is 39.5 Å². The van der Waals surface area contributed by atoms with Crippen LogP contribution in [-0.4, -0.2) is 27.7 Å². The van der Waals surface area contributed by atoms with E-state index in [-0.39, 0.29) is 12.4 Å². The Morgan fingerprint density at radius 3 is 2.83 bits per heavy atom. The van der Waals surface area contributed by atoms with Crippen LogP contribution >= 0.6 is 15.9 Å². The summed E-state index contributed by atoms with van der Waals surface area (Å²) in [5.41, 5.74) is 0.995. The van der Waals surface area contributed by atoms with Gasteiger partial charge in [0.2, 0.25) is 12.7 Å². The Labute approximate surface area is 171 Å². The molecule has 1 aromatic heterocycles. The lowest BCUT2D eigenvalue weighted by Gasteiger charge is -2.11. The zero-order chi connectivity index (χ0) is 20.1. The summed E-state index contributed by atoms with van der Waals surface area (Å²) in [6.45, 7) is 0.0803. The van der Waals surface area contributed by atoms with Crippen molar-refractivity contribution in [2.45, 2.75) is 0 Å². The van der Waals surface area contributed by atoms with E-state index in [0.717, 1.165) is 20.3 Å². The van der Waals surface area contributed by atoms with Crippen LogP contribution in [0.1, 0.15) is 11.1 Å². The fourth-order valence-electron chi connectivity index (χ4n) is 3.26. The number of hydrogen-bond acceptors (Lipinski definition) is 6. The van der Waals surface area contributed by atoms with Gasteiger partial charge in [0.1, 0.15) is 5.56 Å². The first-order valence-corrected chi connectivity index (χ1v) is 9.34. The van der Waals surface area contributed by atoms with Crippen molar-refractivity contribution in [1.82, 2.24) is 9.55 Å². The van der Waals surface area contributed by atoms with Gasteiger partial charge >= 0.3 is 5.69 Å². The molecular weight excluding hydrogens is 442 g/mol. The average molecular weight is 454 g/mol. The lowest BCUT2D eigenvalue weighted by Crippen LogP contribution is -2.30. The molecule has 2 aliphatic rings. The largest absolute Gasteiger partial charge is 0.494 e.